The van der Waals surface area contributed by atoms with Gasteiger partial charge in [-0.15, -0.1) is 0 Å². The van der Waals surface area contributed by atoms with Gasteiger partial charge in [0.25, 0.3) is 0 Å². The molecule has 0 heterocycles. The maximum atomic E-state index is 13.5. The lowest BCUT2D eigenvalue weighted by molar-refractivity contribution is 0.388. The smallest absolute Gasteiger partial charge is 0.123 e. The van der Waals surface area contributed by atoms with E-state index in [2.05, 4.69) is 39.1 Å². The number of halogens is 1. The molecule has 18 heavy (non-hydrogen) atoms. The summed E-state index contributed by atoms with van der Waals surface area (Å²) >= 11 is 0. The highest BCUT2D eigenvalue weighted by atomic mass is 19.1. The van der Waals surface area contributed by atoms with Crippen LogP contribution in [0.3, 0.4) is 0 Å². The molecule has 0 aromatic heterocycles. The largest absolute Gasteiger partial charge is 0.314 e. The summed E-state index contributed by atoms with van der Waals surface area (Å²) in [5, 5.41) is 3.49. The van der Waals surface area contributed by atoms with Gasteiger partial charge in [0.15, 0.2) is 0 Å². The normalized spacial score (nSPS) is 13.7. The molecule has 0 aliphatic carbocycles. The second-order valence-corrected chi connectivity index (χ2v) is 5.96. The minimum absolute atomic E-state index is 0.00693. The van der Waals surface area contributed by atoms with Crippen LogP contribution in [0, 0.1) is 12.7 Å². The Morgan fingerprint density at radius 2 is 1.94 bits per heavy atom. The van der Waals surface area contributed by atoms with Crippen LogP contribution >= 0.6 is 0 Å². The topological polar surface area (TPSA) is 12.0 Å². The van der Waals surface area contributed by atoms with Gasteiger partial charge >= 0.3 is 0 Å². The number of rotatable bonds is 6. The average Bonchev–Trinajstić information content (AvgIpc) is 2.24. The molecule has 2 heteroatoms. The summed E-state index contributed by atoms with van der Waals surface area (Å²) in [6.45, 7) is 11.7. The van der Waals surface area contributed by atoms with Crippen molar-refractivity contribution in [3.05, 3.63) is 35.1 Å². The van der Waals surface area contributed by atoms with Crippen LogP contribution in [0.1, 0.15) is 51.7 Å². The van der Waals surface area contributed by atoms with Gasteiger partial charge in [-0.2, -0.15) is 0 Å². The zero-order valence-corrected chi connectivity index (χ0v) is 12.3. The second kappa shape index (κ2) is 6.33. The first kappa shape index (κ1) is 15.2. The third-order valence-corrected chi connectivity index (χ3v) is 3.38. The van der Waals surface area contributed by atoms with Crippen LogP contribution in [0.15, 0.2) is 18.2 Å². The Kier molecular flexibility index (Phi) is 5.33. The fourth-order valence-corrected chi connectivity index (χ4v) is 2.47. The molecule has 0 fully saturated rings. The summed E-state index contributed by atoms with van der Waals surface area (Å²) in [6.07, 6.45) is 2.15. The van der Waals surface area contributed by atoms with Crippen LogP contribution in [-0.2, 0) is 5.41 Å². The summed E-state index contributed by atoms with van der Waals surface area (Å²) in [7, 11) is 0. The van der Waals surface area contributed by atoms with Gasteiger partial charge in [0, 0.05) is 6.04 Å². The SMILES string of the molecule is CCCNC(C)CC(C)(C)c1cc(C)cc(F)c1. The second-order valence-electron chi connectivity index (χ2n) is 5.96. The van der Waals surface area contributed by atoms with Gasteiger partial charge in [0.05, 0.1) is 0 Å². The van der Waals surface area contributed by atoms with Crippen molar-refractivity contribution >= 4 is 0 Å². The van der Waals surface area contributed by atoms with Crippen molar-refractivity contribution in [3.8, 4) is 0 Å². The number of hydrogen-bond donors (Lipinski definition) is 1. The van der Waals surface area contributed by atoms with Gasteiger partial charge < -0.3 is 5.32 Å². The zero-order valence-electron chi connectivity index (χ0n) is 12.3. The van der Waals surface area contributed by atoms with E-state index in [1.165, 1.54) is 0 Å². The molecular weight excluding hydrogens is 225 g/mol. The van der Waals surface area contributed by atoms with Crippen LogP contribution < -0.4 is 5.32 Å². The number of benzene rings is 1. The van der Waals surface area contributed by atoms with Gasteiger partial charge in [-0.3, -0.25) is 0 Å². The number of nitrogens with one attached hydrogen (secondary N) is 1. The number of aryl methyl sites for hydroxylation is 1. The van der Waals surface area contributed by atoms with Gasteiger partial charge in [-0.25, -0.2) is 4.39 Å². The van der Waals surface area contributed by atoms with Crippen LogP contribution in [0.4, 0.5) is 4.39 Å². The lowest BCUT2D eigenvalue weighted by Crippen LogP contribution is -2.33. The van der Waals surface area contributed by atoms with E-state index in [-0.39, 0.29) is 11.2 Å². The van der Waals surface area contributed by atoms with Crippen molar-refractivity contribution in [1.82, 2.24) is 5.32 Å². The Labute approximate surface area is 111 Å². The first-order valence-electron chi connectivity index (χ1n) is 6.86. The third kappa shape index (κ3) is 4.41. The van der Waals surface area contributed by atoms with Crippen molar-refractivity contribution in [2.24, 2.45) is 0 Å². The molecule has 1 rings (SSSR count). The summed E-state index contributed by atoms with van der Waals surface area (Å²) in [5.74, 6) is -0.132. The van der Waals surface area contributed by atoms with Crippen LogP contribution in [0.25, 0.3) is 0 Å². The van der Waals surface area contributed by atoms with E-state index < -0.39 is 0 Å². The van der Waals surface area contributed by atoms with E-state index in [1.54, 1.807) is 12.1 Å². The number of hydrogen-bond acceptors (Lipinski definition) is 1. The van der Waals surface area contributed by atoms with Crippen LogP contribution in [0.5, 0.6) is 0 Å². The van der Waals surface area contributed by atoms with E-state index in [1.807, 2.05) is 6.92 Å². The highest BCUT2D eigenvalue weighted by Crippen LogP contribution is 2.29. The fourth-order valence-electron chi connectivity index (χ4n) is 2.47. The predicted octanol–water partition coefficient (Wildman–Crippen LogP) is 4.19. The first-order valence-corrected chi connectivity index (χ1v) is 6.86. The van der Waals surface area contributed by atoms with Gasteiger partial charge in [-0.05, 0) is 61.9 Å². The van der Waals surface area contributed by atoms with Gasteiger partial charge in [-0.1, -0.05) is 26.8 Å². The monoisotopic (exact) mass is 251 g/mol. The molecule has 0 saturated carbocycles. The Morgan fingerprint density at radius 3 is 2.50 bits per heavy atom. The summed E-state index contributed by atoms with van der Waals surface area (Å²) in [5.41, 5.74) is 2.07. The summed E-state index contributed by atoms with van der Waals surface area (Å²) in [4.78, 5) is 0. The minimum atomic E-state index is -0.132. The van der Waals surface area contributed by atoms with Crippen molar-refractivity contribution in [2.45, 2.75) is 58.9 Å². The molecule has 1 aromatic carbocycles. The third-order valence-electron chi connectivity index (χ3n) is 3.38. The maximum Gasteiger partial charge on any atom is 0.123 e. The highest BCUT2D eigenvalue weighted by Gasteiger charge is 2.23. The first-order chi connectivity index (χ1) is 8.35. The average molecular weight is 251 g/mol. The molecule has 0 spiro atoms. The molecule has 0 aliphatic heterocycles. The van der Waals surface area contributed by atoms with E-state index in [0.717, 1.165) is 30.5 Å². The molecule has 1 unspecified atom stereocenters. The highest BCUT2D eigenvalue weighted by molar-refractivity contribution is 5.29. The maximum absolute atomic E-state index is 13.5. The quantitative estimate of drug-likeness (QED) is 0.799. The lowest BCUT2D eigenvalue weighted by Gasteiger charge is -2.29. The standard InChI is InChI=1S/C16H26FN/c1-6-7-18-13(3)11-16(4,5)14-8-12(2)9-15(17)10-14/h8-10,13,18H,6-7,11H2,1-5H3. The summed E-state index contributed by atoms with van der Waals surface area (Å²) in [6, 6.07) is 5.79. The lowest BCUT2D eigenvalue weighted by atomic mass is 9.79. The molecular formula is C16H26FN. The Hall–Kier alpha value is -0.890. The van der Waals surface area contributed by atoms with Gasteiger partial charge in [0.2, 0.25) is 0 Å². The van der Waals surface area contributed by atoms with E-state index in [4.69, 9.17) is 0 Å². The summed E-state index contributed by atoms with van der Waals surface area (Å²) < 4.78 is 13.5. The fraction of sp³-hybridized carbons (Fsp3) is 0.625. The molecule has 0 bridgehead atoms. The molecule has 0 aliphatic rings. The Bertz CT molecular complexity index is 364. The van der Waals surface area contributed by atoms with Crippen molar-refractivity contribution < 1.29 is 4.39 Å². The molecule has 1 aromatic rings. The molecule has 0 radical (unpaired) electrons. The molecule has 0 amide bonds. The van der Waals surface area contributed by atoms with Crippen LogP contribution in [0.2, 0.25) is 0 Å². The molecule has 0 saturated heterocycles. The zero-order chi connectivity index (χ0) is 13.8. The van der Waals surface area contributed by atoms with Crippen molar-refractivity contribution in [1.29, 1.82) is 0 Å². The van der Waals surface area contributed by atoms with Crippen molar-refractivity contribution in [2.75, 3.05) is 6.54 Å². The molecule has 1 atom stereocenters. The van der Waals surface area contributed by atoms with Crippen molar-refractivity contribution in [3.63, 3.8) is 0 Å². The minimum Gasteiger partial charge on any atom is -0.314 e. The predicted molar refractivity (Wildman–Crippen MR) is 76.5 cm³/mol. The Morgan fingerprint density at radius 1 is 1.28 bits per heavy atom. The molecule has 102 valence electrons. The molecule has 1 N–H and O–H groups in total. The Balaban J connectivity index is 2.78. The van der Waals surface area contributed by atoms with E-state index in [9.17, 15) is 4.39 Å². The van der Waals surface area contributed by atoms with Crippen LogP contribution in [-0.4, -0.2) is 12.6 Å². The molecule has 1 nitrogen and oxygen atoms in total. The van der Waals surface area contributed by atoms with E-state index >= 15 is 0 Å². The van der Waals surface area contributed by atoms with E-state index in [0.29, 0.717) is 6.04 Å². The van der Waals surface area contributed by atoms with Gasteiger partial charge in [0.1, 0.15) is 5.82 Å².